The topological polar surface area (TPSA) is 78.9 Å². The van der Waals surface area contributed by atoms with Crippen LogP contribution in [-0.2, 0) is 11.3 Å². The fourth-order valence-corrected chi connectivity index (χ4v) is 2.96. The molecule has 26 heavy (non-hydrogen) atoms. The van der Waals surface area contributed by atoms with E-state index in [1.54, 1.807) is 4.90 Å². The maximum atomic E-state index is 12.3. The molecule has 0 saturated carbocycles. The third kappa shape index (κ3) is 4.75. The summed E-state index contributed by atoms with van der Waals surface area (Å²) in [4.78, 5) is 24.9. The van der Waals surface area contributed by atoms with Gasteiger partial charge in [0, 0.05) is 19.6 Å². The van der Waals surface area contributed by atoms with Crippen LogP contribution in [-0.4, -0.2) is 35.1 Å². The van der Waals surface area contributed by atoms with Gasteiger partial charge in [0.05, 0.1) is 5.92 Å². The molecule has 2 amide bonds. The predicted octanol–water partition coefficient (Wildman–Crippen LogP) is 3.49. The Morgan fingerprint density at radius 2 is 1.73 bits per heavy atom. The molecule has 3 rings (SSSR count). The largest absolute Gasteiger partial charge is 0.481 e. The second-order valence-corrected chi connectivity index (χ2v) is 6.32. The summed E-state index contributed by atoms with van der Waals surface area (Å²) in [6, 6.07) is 16.9. The minimum absolute atomic E-state index is 0.164. The average molecular weight is 354 g/mol. The lowest BCUT2D eigenvalue weighted by atomic mass is 9.97. The maximum Gasteiger partial charge on any atom is 0.317 e. The molecule has 136 valence electrons. The summed E-state index contributed by atoms with van der Waals surface area (Å²) in [5, 5.41) is 11.9. The molecule has 6 nitrogen and oxygen atoms in total. The molecule has 0 aliphatic carbocycles. The predicted molar refractivity (Wildman–Crippen MR) is 97.1 cm³/mol. The molecular formula is C20H22N2O4. The number of carbonyl (C=O) groups excluding carboxylic acids is 1. The van der Waals surface area contributed by atoms with Crippen molar-refractivity contribution in [3.05, 3.63) is 60.2 Å². The lowest BCUT2D eigenvalue weighted by Crippen LogP contribution is -2.45. The maximum absolute atomic E-state index is 12.3. The molecule has 0 unspecified atom stereocenters. The number of nitrogens with zero attached hydrogens (tertiary/aromatic N) is 1. The van der Waals surface area contributed by atoms with Crippen molar-refractivity contribution in [2.75, 3.05) is 13.1 Å². The number of hydrogen-bond acceptors (Lipinski definition) is 3. The third-order valence-corrected chi connectivity index (χ3v) is 4.45. The van der Waals surface area contributed by atoms with Crippen molar-refractivity contribution in [3.8, 4) is 11.5 Å². The van der Waals surface area contributed by atoms with E-state index in [0.717, 1.165) is 11.3 Å². The Balaban J connectivity index is 1.51. The van der Waals surface area contributed by atoms with E-state index >= 15 is 0 Å². The minimum atomic E-state index is -0.778. The Hall–Kier alpha value is -3.02. The molecule has 6 heteroatoms. The van der Waals surface area contributed by atoms with E-state index < -0.39 is 5.97 Å². The number of likely N-dealkylation sites (tertiary alicyclic amines) is 1. The molecule has 1 aliphatic heterocycles. The number of rotatable bonds is 5. The van der Waals surface area contributed by atoms with E-state index in [-0.39, 0.29) is 11.9 Å². The van der Waals surface area contributed by atoms with Crippen molar-refractivity contribution in [2.24, 2.45) is 5.92 Å². The van der Waals surface area contributed by atoms with Crippen molar-refractivity contribution in [1.82, 2.24) is 10.2 Å². The van der Waals surface area contributed by atoms with Gasteiger partial charge < -0.3 is 20.1 Å². The standard InChI is InChI=1S/C20H22N2O4/c23-19(24)16-9-11-22(12-10-16)20(25)21-14-15-5-4-8-18(13-15)26-17-6-2-1-3-7-17/h1-8,13,16H,9-12,14H2,(H,21,25)(H,23,24). The fourth-order valence-electron chi connectivity index (χ4n) is 2.96. The summed E-state index contributed by atoms with van der Waals surface area (Å²) in [5.41, 5.74) is 0.937. The van der Waals surface area contributed by atoms with E-state index in [2.05, 4.69) is 5.32 Å². The summed E-state index contributed by atoms with van der Waals surface area (Å²) in [6.45, 7) is 1.34. The highest BCUT2D eigenvalue weighted by Gasteiger charge is 2.26. The van der Waals surface area contributed by atoms with Crippen LogP contribution in [0.4, 0.5) is 4.79 Å². The first-order chi connectivity index (χ1) is 12.6. The number of aliphatic carboxylic acids is 1. The van der Waals surface area contributed by atoms with Crippen molar-refractivity contribution >= 4 is 12.0 Å². The average Bonchev–Trinajstić information content (AvgIpc) is 2.67. The number of hydrogen-bond donors (Lipinski definition) is 2. The van der Waals surface area contributed by atoms with Gasteiger partial charge in [0.25, 0.3) is 0 Å². The van der Waals surface area contributed by atoms with Gasteiger partial charge in [-0.3, -0.25) is 4.79 Å². The Bertz CT molecular complexity index is 755. The van der Waals surface area contributed by atoms with Gasteiger partial charge in [0.2, 0.25) is 0 Å². The van der Waals surface area contributed by atoms with Gasteiger partial charge in [0.1, 0.15) is 11.5 Å². The van der Waals surface area contributed by atoms with E-state index in [1.807, 2.05) is 54.6 Å². The zero-order chi connectivity index (χ0) is 18.4. The smallest absolute Gasteiger partial charge is 0.317 e. The first kappa shape index (κ1) is 17.8. The normalized spacial score (nSPS) is 14.7. The highest BCUT2D eigenvalue weighted by molar-refractivity contribution is 5.75. The number of benzene rings is 2. The van der Waals surface area contributed by atoms with Crippen LogP contribution in [0.5, 0.6) is 11.5 Å². The van der Waals surface area contributed by atoms with Crippen molar-refractivity contribution in [3.63, 3.8) is 0 Å². The van der Waals surface area contributed by atoms with Crippen LogP contribution in [0, 0.1) is 5.92 Å². The molecule has 2 aromatic carbocycles. The van der Waals surface area contributed by atoms with E-state index in [0.29, 0.717) is 38.2 Å². The second kappa shape index (κ2) is 8.38. The molecule has 1 heterocycles. The monoisotopic (exact) mass is 354 g/mol. The van der Waals surface area contributed by atoms with Crippen molar-refractivity contribution in [2.45, 2.75) is 19.4 Å². The zero-order valence-electron chi connectivity index (χ0n) is 14.4. The zero-order valence-corrected chi connectivity index (χ0v) is 14.4. The van der Waals surface area contributed by atoms with Crippen LogP contribution in [0.3, 0.4) is 0 Å². The molecule has 2 N–H and O–H groups in total. The number of carboxylic acids is 1. The number of urea groups is 1. The van der Waals surface area contributed by atoms with Gasteiger partial charge in [-0.2, -0.15) is 0 Å². The van der Waals surface area contributed by atoms with Gasteiger partial charge in [0.15, 0.2) is 0 Å². The first-order valence-electron chi connectivity index (χ1n) is 8.69. The van der Waals surface area contributed by atoms with Gasteiger partial charge in [-0.25, -0.2) is 4.79 Å². The number of amides is 2. The number of piperidine rings is 1. The van der Waals surface area contributed by atoms with Crippen LogP contribution in [0.1, 0.15) is 18.4 Å². The van der Waals surface area contributed by atoms with E-state index in [4.69, 9.17) is 9.84 Å². The Morgan fingerprint density at radius 3 is 2.42 bits per heavy atom. The number of ether oxygens (including phenoxy) is 1. The third-order valence-electron chi connectivity index (χ3n) is 4.45. The highest BCUT2D eigenvalue weighted by Crippen LogP contribution is 2.22. The summed E-state index contributed by atoms with van der Waals surface area (Å²) in [5.74, 6) is 0.353. The van der Waals surface area contributed by atoms with E-state index in [1.165, 1.54) is 0 Å². The number of para-hydroxylation sites is 1. The van der Waals surface area contributed by atoms with Gasteiger partial charge in [-0.1, -0.05) is 30.3 Å². The molecule has 0 radical (unpaired) electrons. The number of nitrogens with one attached hydrogen (secondary N) is 1. The van der Waals surface area contributed by atoms with Gasteiger partial charge >= 0.3 is 12.0 Å². The highest BCUT2D eigenvalue weighted by atomic mass is 16.5. The fraction of sp³-hybridized carbons (Fsp3) is 0.300. The van der Waals surface area contributed by atoms with Crippen LogP contribution < -0.4 is 10.1 Å². The minimum Gasteiger partial charge on any atom is -0.481 e. The van der Waals surface area contributed by atoms with Crippen LogP contribution >= 0.6 is 0 Å². The molecule has 2 aromatic rings. The molecule has 0 aromatic heterocycles. The summed E-state index contributed by atoms with van der Waals surface area (Å²) in [6.07, 6.45) is 1.01. The Kier molecular flexibility index (Phi) is 5.73. The molecule has 0 atom stereocenters. The van der Waals surface area contributed by atoms with Crippen LogP contribution in [0.25, 0.3) is 0 Å². The van der Waals surface area contributed by atoms with Crippen molar-refractivity contribution in [1.29, 1.82) is 0 Å². The lowest BCUT2D eigenvalue weighted by Gasteiger charge is -2.30. The summed E-state index contributed by atoms with van der Waals surface area (Å²) in [7, 11) is 0. The van der Waals surface area contributed by atoms with Crippen LogP contribution in [0.2, 0.25) is 0 Å². The molecule has 0 bridgehead atoms. The molecular weight excluding hydrogens is 332 g/mol. The van der Waals surface area contributed by atoms with Gasteiger partial charge in [-0.15, -0.1) is 0 Å². The molecule has 1 saturated heterocycles. The quantitative estimate of drug-likeness (QED) is 0.861. The van der Waals surface area contributed by atoms with Gasteiger partial charge in [-0.05, 0) is 42.7 Å². The molecule has 1 fully saturated rings. The second-order valence-electron chi connectivity index (χ2n) is 6.32. The molecule has 1 aliphatic rings. The lowest BCUT2D eigenvalue weighted by molar-refractivity contribution is -0.143. The molecule has 0 spiro atoms. The Morgan fingerprint density at radius 1 is 1.04 bits per heavy atom. The van der Waals surface area contributed by atoms with Crippen molar-refractivity contribution < 1.29 is 19.4 Å². The van der Waals surface area contributed by atoms with E-state index in [9.17, 15) is 9.59 Å². The number of carbonyl (C=O) groups is 2. The van der Waals surface area contributed by atoms with Crippen LogP contribution in [0.15, 0.2) is 54.6 Å². The SMILES string of the molecule is O=C(O)C1CCN(C(=O)NCc2cccc(Oc3ccccc3)c2)CC1. The number of carboxylic acid groups (broad SMARTS) is 1. The summed E-state index contributed by atoms with van der Waals surface area (Å²) >= 11 is 0. The first-order valence-corrected chi connectivity index (χ1v) is 8.69. The summed E-state index contributed by atoms with van der Waals surface area (Å²) < 4.78 is 5.80. The Labute approximate surface area is 152 Å².